The lowest BCUT2D eigenvalue weighted by Gasteiger charge is -1.97. The maximum atomic E-state index is 5.80. The molecule has 0 nitrogen and oxygen atoms in total. The number of halogens is 1. The first kappa shape index (κ1) is 7.07. The minimum absolute atomic E-state index is 1.55. The van der Waals surface area contributed by atoms with E-state index in [1.807, 2.05) is 20.0 Å². The monoisotopic (exact) mass is 132 g/mol. The lowest BCUT2D eigenvalue weighted by atomic mass is 10.8. The fraction of sp³-hybridized carbons (Fsp3) is 0.600. The van der Waals surface area contributed by atoms with Crippen molar-refractivity contribution in [3.63, 3.8) is 0 Å². The summed E-state index contributed by atoms with van der Waals surface area (Å²) in [4.78, 5) is 0. The Balaban J connectivity index is 3.72. The van der Waals surface area contributed by atoms with Crippen LogP contribution in [0.3, 0.4) is 0 Å². The molecule has 0 unspecified atom stereocenters. The Hall–Kier alpha value is 0.0669. The molecule has 40 valence electrons. The highest BCUT2D eigenvalue weighted by atomic mass is 35.6. The van der Waals surface area contributed by atoms with Crippen molar-refractivity contribution in [3.05, 3.63) is 0 Å². The van der Waals surface area contributed by atoms with Gasteiger partial charge in [-0.25, -0.2) is 0 Å². The molecule has 0 atom stereocenters. The second-order valence-electron chi connectivity index (χ2n) is 1.85. The van der Waals surface area contributed by atoms with Gasteiger partial charge in [0.25, 0.3) is 0 Å². The van der Waals surface area contributed by atoms with Crippen LogP contribution in [-0.2, 0) is 0 Å². The Morgan fingerprint density at radius 1 is 1.43 bits per heavy atom. The Bertz CT molecular complexity index is 101. The third-order valence-electron chi connectivity index (χ3n) is 0.422. The molecule has 0 aromatic heterocycles. The van der Waals surface area contributed by atoms with E-state index >= 15 is 0 Å². The van der Waals surface area contributed by atoms with Crippen molar-refractivity contribution in [2.45, 2.75) is 20.0 Å². The zero-order chi connectivity index (χ0) is 5.91. The molecule has 0 fully saturated rings. The van der Waals surface area contributed by atoms with Gasteiger partial charge in [-0.1, -0.05) is 0 Å². The normalized spacial score (nSPS) is 9.71. The molecule has 0 spiro atoms. The smallest absolute Gasteiger partial charge is 0.151 e. The van der Waals surface area contributed by atoms with Crippen molar-refractivity contribution >= 4 is 18.5 Å². The Morgan fingerprint density at radius 3 is 1.86 bits per heavy atom. The molecule has 0 rings (SSSR count). The van der Waals surface area contributed by atoms with Gasteiger partial charge in [0.05, 0.1) is 0 Å². The summed E-state index contributed by atoms with van der Waals surface area (Å²) < 4.78 is 0. The van der Waals surface area contributed by atoms with Gasteiger partial charge in [-0.15, -0.1) is 11.5 Å². The molecule has 0 aliphatic heterocycles. The Morgan fingerprint density at radius 2 is 1.86 bits per heavy atom. The van der Waals surface area contributed by atoms with Crippen LogP contribution in [0.2, 0.25) is 13.1 Å². The van der Waals surface area contributed by atoms with Crippen molar-refractivity contribution in [1.82, 2.24) is 0 Å². The van der Waals surface area contributed by atoms with Gasteiger partial charge in [-0.3, -0.25) is 0 Å². The number of rotatable bonds is 0. The minimum Gasteiger partial charge on any atom is -0.151 e. The van der Waals surface area contributed by atoms with Crippen molar-refractivity contribution in [2.24, 2.45) is 0 Å². The predicted molar refractivity (Wildman–Crippen MR) is 36.8 cm³/mol. The van der Waals surface area contributed by atoms with Crippen LogP contribution in [0.4, 0.5) is 0 Å². The molecule has 0 amide bonds. The molecule has 0 saturated carbocycles. The fourth-order valence-electron chi connectivity index (χ4n) is 0.297. The van der Waals surface area contributed by atoms with E-state index in [-0.39, 0.29) is 0 Å². The summed E-state index contributed by atoms with van der Waals surface area (Å²) in [6.07, 6.45) is 0. The summed E-state index contributed by atoms with van der Waals surface area (Å²) in [5.74, 6) is 2.79. The van der Waals surface area contributed by atoms with Gasteiger partial charge in [0.15, 0.2) is 0 Å². The van der Waals surface area contributed by atoms with Crippen molar-refractivity contribution in [3.8, 4) is 11.5 Å². The van der Waals surface area contributed by atoms with E-state index in [9.17, 15) is 0 Å². The second-order valence-corrected chi connectivity index (χ2v) is 7.88. The van der Waals surface area contributed by atoms with Gasteiger partial charge < -0.3 is 0 Å². The molecule has 0 aliphatic carbocycles. The van der Waals surface area contributed by atoms with Crippen LogP contribution in [0.5, 0.6) is 0 Å². The van der Waals surface area contributed by atoms with Crippen molar-refractivity contribution < 1.29 is 0 Å². The van der Waals surface area contributed by atoms with Crippen molar-refractivity contribution in [2.75, 3.05) is 0 Å². The molecule has 7 heavy (non-hydrogen) atoms. The average molecular weight is 133 g/mol. The van der Waals surface area contributed by atoms with Gasteiger partial charge in [0, 0.05) is 0 Å². The minimum atomic E-state index is -1.55. The van der Waals surface area contributed by atoms with E-state index in [4.69, 9.17) is 11.1 Å². The van der Waals surface area contributed by atoms with E-state index in [0.29, 0.717) is 0 Å². The number of hydrogen-bond acceptors (Lipinski definition) is 0. The van der Waals surface area contributed by atoms with Gasteiger partial charge in [-0.2, -0.15) is 11.1 Å². The molecule has 0 N–H and O–H groups in total. The molecular weight excluding hydrogens is 124 g/mol. The third kappa shape index (κ3) is 6.07. The lowest BCUT2D eigenvalue weighted by molar-refractivity contribution is 1.90. The quantitative estimate of drug-likeness (QED) is 0.269. The fourth-order valence-corrected chi connectivity index (χ4v) is 1.18. The van der Waals surface area contributed by atoms with E-state index in [0.717, 1.165) is 0 Å². The van der Waals surface area contributed by atoms with Gasteiger partial charge >= 0.3 is 0 Å². The van der Waals surface area contributed by atoms with Crippen LogP contribution in [0.25, 0.3) is 0 Å². The number of hydrogen-bond donors (Lipinski definition) is 0. The molecule has 0 heterocycles. The second kappa shape index (κ2) is 2.39. The first-order valence-corrected chi connectivity index (χ1v) is 6.20. The molecule has 0 bridgehead atoms. The average Bonchev–Trinajstić information content (AvgIpc) is 1.30. The first-order chi connectivity index (χ1) is 3.06. The largest absolute Gasteiger partial charge is 0.228 e. The van der Waals surface area contributed by atoms with Gasteiger partial charge in [0.2, 0.25) is 7.38 Å². The van der Waals surface area contributed by atoms with Crippen LogP contribution in [0.15, 0.2) is 0 Å². The summed E-state index contributed by atoms with van der Waals surface area (Å²) in [5, 5.41) is 0. The van der Waals surface area contributed by atoms with Crippen LogP contribution in [-0.4, -0.2) is 7.38 Å². The van der Waals surface area contributed by atoms with Gasteiger partial charge in [-0.05, 0) is 20.0 Å². The summed E-state index contributed by atoms with van der Waals surface area (Å²) >= 11 is 5.80. The Labute approximate surface area is 50.6 Å². The third-order valence-corrected chi connectivity index (χ3v) is 1.55. The molecule has 0 radical (unpaired) electrons. The molecule has 0 aliphatic rings. The molecular formula is C5H9ClSi. The van der Waals surface area contributed by atoms with E-state index in [2.05, 4.69) is 11.5 Å². The summed E-state index contributed by atoms with van der Waals surface area (Å²) in [5.41, 5.74) is 2.94. The maximum Gasteiger partial charge on any atom is 0.228 e. The van der Waals surface area contributed by atoms with Gasteiger partial charge in [0.1, 0.15) is 0 Å². The zero-order valence-corrected chi connectivity index (χ0v) is 6.63. The Kier molecular flexibility index (Phi) is 2.42. The summed E-state index contributed by atoms with van der Waals surface area (Å²) in [6, 6.07) is 0. The van der Waals surface area contributed by atoms with Crippen LogP contribution >= 0.6 is 11.1 Å². The van der Waals surface area contributed by atoms with E-state index < -0.39 is 7.38 Å². The zero-order valence-electron chi connectivity index (χ0n) is 4.88. The summed E-state index contributed by atoms with van der Waals surface area (Å²) in [7, 11) is -1.55. The highest BCUT2D eigenvalue weighted by Gasteiger charge is 2.10. The molecule has 2 heteroatoms. The predicted octanol–water partition coefficient (Wildman–Crippen LogP) is 1.99. The topological polar surface area (TPSA) is 0 Å². The first-order valence-electron chi connectivity index (χ1n) is 2.19. The lowest BCUT2D eigenvalue weighted by Crippen LogP contribution is -2.12. The maximum absolute atomic E-state index is 5.80. The van der Waals surface area contributed by atoms with E-state index in [1.54, 1.807) is 0 Å². The van der Waals surface area contributed by atoms with Crippen LogP contribution in [0.1, 0.15) is 6.92 Å². The van der Waals surface area contributed by atoms with E-state index in [1.165, 1.54) is 0 Å². The summed E-state index contributed by atoms with van der Waals surface area (Å²) in [6.45, 7) is 5.83. The molecule has 0 aromatic carbocycles. The van der Waals surface area contributed by atoms with Crippen LogP contribution in [0, 0.1) is 11.5 Å². The highest BCUT2D eigenvalue weighted by Crippen LogP contribution is 2.03. The highest BCUT2D eigenvalue weighted by molar-refractivity contribution is 7.23. The molecule has 0 aromatic rings. The standard InChI is InChI=1S/C5H9ClSi/c1-4-5-7(2,3)6/h1-3H3. The SMILES string of the molecule is CC#C[Si](C)(C)Cl. The van der Waals surface area contributed by atoms with Crippen LogP contribution < -0.4 is 0 Å². The molecule has 0 saturated heterocycles. The van der Waals surface area contributed by atoms with Crippen molar-refractivity contribution in [1.29, 1.82) is 0 Å².